The van der Waals surface area contributed by atoms with E-state index >= 15 is 0 Å². The van der Waals surface area contributed by atoms with Crippen LogP contribution in [0.15, 0.2) is 18.2 Å². The van der Waals surface area contributed by atoms with Crippen molar-refractivity contribution in [1.29, 1.82) is 0 Å². The van der Waals surface area contributed by atoms with Crippen molar-refractivity contribution in [2.45, 2.75) is 19.8 Å². The van der Waals surface area contributed by atoms with Gasteiger partial charge in [-0.1, -0.05) is 6.92 Å². The molecule has 0 spiro atoms. The third kappa shape index (κ3) is 6.92. The van der Waals surface area contributed by atoms with Gasteiger partial charge in [-0.15, -0.1) is 0 Å². The molecular formula is C14H22N2O5. The molecule has 1 aromatic rings. The Morgan fingerprint density at radius 3 is 2.76 bits per heavy atom. The number of benzene rings is 1. The molecule has 0 aromatic heterocycles. The minimum atomic E-state index is -0.436. The molecule has 7 nitrogen and oxygen atoms in total. The van der Waals surface area contributed by atoms with Crippen molar-refractivity contribution in [1.82, 2.24) is 0 Å². The van der Waals surface area contributed by atoms with Gasteiger partial charge in [0, 0.05) is 31.0 Å². The van der Waals surface area contributed by atoms with E-state index in [1.165, 1.54) is 12.1 Å². The number of rotatable bonds is 11. The number of nitro groups is 1. The molecule has 1 aromatic carbocycles. The molecule has 21 heavy (non-hydrogen) atoms. The summed E-state index contributed by atoms with van der Waals surface area (Å²) in [6.07, 6.45) is 1.58. The summed E-state index contributed by atoms with van der Waals surface area (Å²) in [5, 5.41) is 22.6. The number of nitro benzene ring substituents is 1. The molecule has 1 rings (SSSR count). The van der Waals surface area contributed by atoms with Gasteiger partial charge in [-0.25, -0.2) is 0 Å². The molecule has 0 bridgehead atoms. The topological polar surface area (TPSA) is 93.9 Å². The van der Waals surface area contributed by atoms with Crippen LogP contribution in [0.1, 0.15) is 19.8 Å². The largest absolute Gasteiger partial charge is 0.493 e. The van der Waals surface area contributed by atoms with E-state index in [-0.39, 0.29) is 12.3 Å². The summed E-state index contributed by atoms with van der Waals surface area (Å²) in [6.45, 7) is 3.99. The lowest BCUT2D eigenvalue weighted by atomic mass is 10.2. The highest BCUT2D eigenvalue weighted by Crippen LogP contribution is 2.26. The molecule has 0 fully saturated rings. The Morgan fingerprint density at radius 2 is 2.10 bits per heavy atom. The van der Waals surface area contributed by atoms with Crippen molar-refractivity contribution in [3.8, 4) is 5.75 Å². The third-order valence-corrected chi connectivity index (χ3v) is 2.61. The second-order valence-electron chi connectivity index (χ2n) is 4.44. The zero-order chi connectivity index (χ0) is 15.5. The molecule has 0 saturated carbocycles. The van der Waals surface area contributed by atoms with Gasteiger partial charge in [0.1, 0.15) is 5.75 Å². The molecule has 0 amide bonds. The number of aliphatic hydroxyl groups is 1. The lowest BCUT2D eigenvalue weighted by Gasteiger charge is -2.10. The average molecular weight is 298 g/mol. The highest BCUT2D eigenvalue weighted by Gasteiger charge is 2.10. The first-order valence-corrected chi connectivity index (χ1v) is 7.02. The lowest BCUT2D eigenvalue weighted by Crippen LogP contribution is -2.08. The summed E-state index contributed by atoms with van der Waals surface area (Å²) in [5.41, 5.74) is 0.653. The van der Waals surface area contributed by atoms with E-state index in [2.05, 4.69) is 5.32 Å². The maximum absolute atomic E-state index is 10.9. The van der Waals surface area contributed by atoms with E-state index in [0.717, 1.165) is 12.8 Å². The molecule has 7 heteroatoms. The summed E-state index contributed by atoms with van der Waals surface area (Å²) in [7, 11) is 0. The molecular weight excluding hydrogens is 276 g/mol. The number of anilines is 1. The molecule has 0 unspecified atom stereocenters. The second-order valence-corrected chi connectivity index (χ2v) is 4.44. The Bertz CT molecular complexity index is 439. The SMILES string of the molecule is CCCOc1cc(NCCCOCCO)cc([N+](=O)[O-])c1. The lowest BCUT2D eigenvalue weighted by molar-refractivity contribution is -0.384. The number of hydrogen-bond acceptors (Lipinski definition) is 6. The predicted octanol–water partition coefficient (Wildman–Crippen LogP) is 2.19. The van der Waals surface area contributed by atoms with Crippen LogP contribution in [-0.2, 0) is 4.74 Å². The number of nitrogens with zero attached hydrogens (tertiary/aromatic N) is 1. The van der Waals surface area contributed by atoms with E-state index in [4.69, 9.17) is 14.6 Å². The Labute approximate surface area is 124 Å². The normalized spacial score (nSPS) is 10.4. The van der Waals surface area contributed by atoms with Crippen LogP contribution in [-0.4, -0.2) is 43.0 Å². The van der Waals surface area contributed by atoms with Crippen LogP contribution in [0, 0.1) is 10.1 Å². The number of hydrogen-bond donors (Lipinski definition) is 2. The molecule has 0 aliphatic rings. The third-order valence-electron chi connectivity index (χ3n) is 2.61. The van der Waals surface area contributed by atoms with Crippen LogP contribution < -0.4 is 10.1 Å². The molecule has 118 valence electrons. The van der Waals surface area contributed by atoms with Crippen LogP contribution in [0.5, 0.6) is 5.75 Å². The summed E-state index contributed by atoms with van der Waals surface area (Å²) in [5.74, 6) is 0.491. The van der Waals surface area contributed by atoms with E-state index in [0.29, 0.717) is 37.8 Å². The first-order valence-electron chi connectivity index (χ1n) is 7.02. The van der Waals surface area contributed by atoms with Crippen LogP contribution in [0.2, 0.25) is 0 Å². The van der Waals surface area contributed by atoms with E-state index < -0.39 is 4.92 Å². The van der Waals surface area contributed by atoms with Crippen LogP contribution in [0.4, 0.5) is 11.4 Å². The minimum Gasteiger partial charge on any atom is -0.493 e. The van der Waals surface area contributed by atoms with Crippen molar-refractivity contribution in [3.05, 3.63) is 28.3 Å². The van der Waals surface area contributed by atoms with Gasteiger partial charge in [0.2, 0.25) is 0 Å². The maximum Gasteiger partial charge on any atom is 0.275 e. The fourth-order valence-corrected chi connectivity index (χ4v) is 1.67. The van der Waals surface area contributed by atoms with Gasteiger partial charge in [0.15, 0.2) is 0 Å². The highest BCUT2D eigenvalue weighted by molar-refractivity contribution is 5.56. The molecule has 0 radical (unpaired) electrons. The molecule has 0 atom stereocenters. The monoisotopic (exact) mass is 298 g/mol. The number of nitrogens with one attached hydrogen (secondary N) is 1. The van der Waals surface area contributed by atoms with E-state index in [1.54, 1.807) is 6.07 Å². The highest BCUT2D eigenvalue weighted by atomic mass is 16.6. The van der Waals surface area contributed by atoms with E-state index in [1.807, 2.05) is 6.92 Å². The van der Waals surface area contributed by atoms with Gasteiger partial charge in [-0.05, 0) is 12.8 Å². The number of non-ortho nitro benzene ring substituents is 1. The van der Waals surface area contributed by atoms with Gasteiger partial charge in [-0.2, -0.15) is 0 Å². The standard InChI is InChI=1S/C14H22N2O5/c1-2-6-21-14-10-12(9-13(11-14)16(18)19)15-4-3-7-20-8-5-17/h9-11,15,17H,2-8H2,1H3. The Balaban J connectivity index is 2.54. The van der Waals surface area contributed by atoms with E-state index in [9.17, 15) is 10.1 Å². The summed E-state index contributed by atoms with van der Waals surface area (Å²) < 4.78 is 10.6. The van der Waals surface area contributed by atoms with Gasteiger partial charge in [0.25, 0.3) is 5.69 Å². The molecule has 0 saturated heterocycles. The van der Waals surface area contributed by atoms with Crippen molar-refractivity contribution in [3.63, 3.8) is 0 Å². The Hall–Kier alpha value is -1.86. The average Bonchev–Trinajstić information content (AvgIpc) is 2.48. The zero-order valence-electron chi connectivity index (χ0n) is 12.2. The maximum atomic E-state index is 10.9. The quantitative estimate of drug-likeness (QED) is 0.369. The van der Waals surface area contributed by atoms with Gasteiger partial charge < -0.3 is 19.9 Å². The second kappa shape index (κ2) is 9.95. The minimum absolute atomic E-state index is 0.00244. The number of aliphatic hydroxyl groups excluding tert-OH is 1. The van der Waals surface area contributed by atoms with Crippen LogP contribution >= 0.6 is 0 Å². The van der Waals surface area contributed by atoms with Gasteiger partial charge in [-0.3, -0.25) is 10.1 Å². The smallest absolute Gasteiger partial charge is 0.275 e. The van der Waals surface area contributed by atoms with Crippen molar-refractivity contribution in [2.75, 3.05) is 38.3 Å². The van der Waals surface area contributed by atoms with Gasteiger partial charge >= 0.3 is 0 Å². The predicted molar refractivity (Wildman–Crippen MR) is 79.9 cm³/mol. The fourth-order valence-electron chi connectivity index (χ4n) is 1.67. The van der Waals surface area contributed by atoms with Crippen LogP contribution in [0.25, 0.3) is 0 Å². The summed E-state index contributed by atoms with van der Waals surface area (Å²) >= 11 is 0. The van der Waals surface area contributed by atoms with Gasteiger partial charge in [0.05, 0.1) is 30.8 Å². The molecule has 2 N–H and O–H groups in total. The molecule has 0 heterocycles. The first-order chi connectivity index (χ1) is 10.2. The van der Waals surface area contributed by atoms with Crippen molar-refractivity contribution < 1.29 is 19.5 Å². The Kier molecular flexibility index (Phi) is 8.15. The van der Waals surface area contributed by atoms with Crippen molar-refractivity contribution in [2.24, 2.45) is 0 Å². The molecule has 0 aliphatic heterocycles. The van der Waals surface area contributed by atoms with Crippen molar-refractivity contribution >= 4 is 11.4 Å². The zero-order valence-corrected chi connectivity index (χ0v) is 12.2. The fraction of sp³-hybridized carbons (Fsp3) is 0.571. The molecule has 0 aliphatic carbocycles. The summed E-state index contributed by atoms with van der Waals surface area (Å²) in [6, 6.07) is 4.65. The van der Waals surface area contributed by atoms with Crippen LogP contribution in [0.3, 0.4) is 0 Å². The Morgan fingerprint density at radius 1 is 1.29 bits per heavy atom. The number of ether oxygens (including phenoxy) is 2. The first kappa shape index (κ1) is 17.2. The summed E-state index contributed by atoms with van der Waals surface area (Å²) in [4.78, 5) is 10.5.